The third kappa shape index (κ3) is 16.3. The van der Waals surface area contributed by atoms with Gasteiger partial charge in [0.2, 0.25) is 5.91 Å². The number of unbranched alkanes of at least 4 members (excludes halogenated alkanes) is 2. The molecule has 61 heavy (non-hydrogen) atoms. The standard InChI is InChI=1S/C22H25N3O4S.C14H15NO2.C8H12N2O3S/c1-5-6-11-28-17-9-10-23-16-8-7-14(12-15(16)17)13-18-19(26)24-20(30-18)25-21(27)29-22(2,3)4;1-2-3-8-17-14-6-7-15-13-5-4-11(10-16)9-12(13)14;1-8(2,3)13-7(12)10-6-9-5(11)4-14-6/h7-10,12-13H,5-6,11H2,1-4H3,(H,24,25,26,27);4-7,9-10H,2-3,8H2,1H3;4H2,1-3H3,(H,9,10,11,12)/b18-13-;;. The highest BCUT2D eigenvalue weighted by molar-refractivity contribution is 8.18. The van der Waals surface area contributed by atoms with Gasteiger partial charge in [0.25, 0.3) is 5.91 Å². The van der Waals surface area contributed by atoms with Crippen molar-refractivity contribution in [1.29, 1.82) is 0 Å². The highest BCUT2D eigenvalue weighted by atomic mass is 32.2. The predicted molar refractivity (Wildman–Crippen MR) is 241 cm³/mol. The normalized spacial score (nSPS) is 15.7. The van der Waals surface area contributed by atoms with Gasteiger partial charge in [0.05, 0.1) is 34.9 Å². The molecule has 0 atom stereocenters. The number of thioether (sulfide) groups is 2. The fraction of sp³-hybridized carbons (Fsp3) is 0.386. The van der Waals surface area contributed by atoms with E-state index in [1.54, 1.807) is 66.1 Å². The summed E-state index contributed by atoms with van der Waals surface area (Å²) in [5.41, 5.74) is 1.93. The molecule has 0 unspecified atom stereocenters. The molecule has 2 aliphatic rings. The van der Waals surface area contributed by atoms with Crippen LogP contribution in [-0.4, -0.2) is 80.8 Å². The van der Waals surface area contributed by atoms with E-state index in [9.17, 15) is 24.0 Å². The van der Waals surface area contributed by atoms with E-state index in [1.807, 2.05) is 42.5 Å². The molecule has 2 aromatic carbocycles. The van der Waals surface area contributed by atoms with Crippen molar-refractivity contribution in [3.63, 3.8) is 0 Å². The van der Waals surface area contributed by atoms with Crippen molar-refractivity contribution in [3.05, 3.63) is 77.0 Å². The van der Waals surface area contributed by atoms with Crippen LogP contribution in [0.1, 0.15) is 97.0 Å². The lowest BCUT2D eigenvalue weighted by Crippen LogP contribution is -2.25. The Labute approximate surface area is 363 Å². The molecule has 15 nitrogen and oxygen atoms in total. The summed E-state index contributed by atoms with van der Waals surface area (Å²) in [7, 11) is 0. The highest BCUT2D eigenvalue weighted by Gasteiger charge is 2.26. The molecule has 324 valence electrons. The quantitative estimate of drug-likeness (QED) is 0.0870. The fourth-order valence-corrected chi connectivity index (χ4v) is 6.57. The number of nitrogens with zero attached hydrogens (tertiary/aromatic N) is 4. The second kappa shape index (κ2) is 22.7. The second-order valence-electron chi connectivity index (χ2n) is 15.4. The highest BCUT2D eigenvalue weighted by Crippen LogP contribution is 2.30. The Morgan fingerprint density at radius 2 is 1.25 bits per heavy atom. The average Bonchev–Trinajstić information content (AvgIpc) is 3.76. The lowest BCUT2D eigenvalue weighted by Gasteiger charge is -2.17. The summed E-state index contributed by atoms with van der Waals surface area (Å²) in [5.74, 6) is 1.42. The van der Waals surface area contributed by atoms with E-state index < -0.39 is 23.4 Å². The van der Waals surface area contributed by atoms with Crippen LogP contribution in [0.5, 0.6) is 11.5 Å². The molecule has 2 fully saturated rings. The molecule has 2 N–H and O–H groups in total. The van der Waals surface area contributed by atoms with Crippen molar-refractivity contribution in [3.8, 4) is 11.5 Å². The number of hydrogen-bond donors (Lipinski definition) is 2. The Morgan fingerprint density at radius 3 is 1.72 bits per heavy atom. The molecule has 4 aromatic rings. The molecule has 2 aromatic heterocycles. The van der Waals surface area contributed by atoms with Gasteiger partial charge in [-0.25, -0.2) is 9.59 Å². The number of amidine groups is 2. The molecule has 0 aliphatic carbocycles. The summed E-state index contributed by atoms with van der Waals surface area (Å²) in [6, 6.07) is 14.8. The van der Waals surface area contributed by atoms with Crippen molar-refractivity contribution >= 4 is 92.0 Å². The minimum Gasteiger partial charge on any atom is -0.493 e. The number of ether oxygens (including phenoxy) is 4. The molecule has 4 amide bonds. The van der Waals surface area contributed by atoms with E-state index in [-0.39, 0.29) is 17.0 Å². The topological polar surface area (TPSA) is 197 Å². The van der Waals surface area contributed by atoms with Gasteiger partial charge in [0.1, 0.15) is 29.0 Å². The van der Waals surface area contributed by atoms with Crippen molar-refractivity contribution in [2.45, 2.75) is 92.3 Å². The fourth-order valence-electron chi connectivity index (χ4n) is 5.10. The molecule has 17 heteroatoms. The van der Waals surface area contributed by atoms with Crippen LogP contribution in [0.3, 0.4) is 0 Å². The third-order valence-electron chi connectivity index (χ3n) is 7.81. The van der Waals surface area contributed by atoms with Gasteiger partial charge in [-0.15, -0.1) is 0 Å². The van der Waals surface area contributed by atoms with Gasteiger partial charge in [-0.05, 0) is 120 Å². The van der Waals surface area contributed by atoms with E-state index in [2.05, 4.69) is 44.4 Å². The number of aromatic nitrogens is 2. The van der Waals surface area contributed by atoms with Gasteiger partial charge < -0.3 is 29.6 Å². The largest absolute Gasteiger partial charge is 0.493 e. The van der Waals surface area contributed by atoms with Crippen LogP contribution in [0.15, 0.2) is 75.8 Å². The number of fused-ring (bicyclic) bond motifs is 2. The van der Waals surface area contributed by atoms with Gasteiger partial charge in [0, 0.05) is 28.7 Å². The number of benzene rings is 2. The monoisotopic (exact) mass is 872 g/mol. The maximum Gasteiger partial charge on any atom is 0.436 e. The van der Waals surface area contributed by atoms with E-state index in [0.29, 0.717) is 34.6 Å². The summed E-state index contributed by atoms with van der Waals surface area (Å²) in [4.78, 5) is 73.3. The van der Waals surface area contributed by atoms with Crippen LogP contribution < -0.4 is 20.1 Å². The molecule has 0 saturated carbocycles. The molecule has 0 spiro atoms. The Bertz CT molecular complexity index is 2320. The molecule has 0 bridgehead atoms. The van der Waals surface area contributed by atoms with Crippen LogP contribution in [-0.2, 0) is 19.1 Å². The summed E-state index contributed by atoms with van der Waals surface area (Å²) in [5, 5.41) is 7.33. The maximum atomic E-state index is 12.3. The zero-order chi connectivity index (χ0) is 44.6. The molecule has 4 heterocycles. The Balaban J connectivity index is 0.000000223. The maximum absolute atomic E-state index is 12.3. The van der Waals surface area contributed by atoms with Crippen molar-refractivity contribution in [1.82, 2.24) is 20.6 Å². The lowest BCUT2D eigenvalue weighted by molar-refractivity contribution is -0.117. The zero-order valence-electron chi connectivity index (χ0n) is 35.7. The summed E-state index contributed by atoms with van der Waals surface area (Å²) in [6.07, 6.45) is 8.77. The number of carbonyl (C=O) groups excluding carboxylic acids is 5. The third-order valence-corrected chi connectivity index (χ3v) is 9.59. The van der Waals surface area contributed by atoms with Crippen LogP contribution in [0.4, 0.5) is 9.59 Å². The molecular formula is C44H52N6O9S2. The SMILES string of the molecule is CC(C)(C)OC(=O)N=C1NC(=O)CS1.CCCCOc1ccnc2ccc(/C=C3\SC(=NC(=O)OC(C)(C)C)NC3=O)cc12.CCCCOc1ccnc2ccc(C=O)cc12. The smallest absolute Gasteiger partial charge is 0.436 e. The van der Waals surface area contributed by atoms with Gasteiger partial charge in [-0.3, -0.25) is 24.4 Å². The van der Waals surface area contributed by atoms with Crippen molar-refractivity contribution < 1.29 is 42.9 Å². The molecule has 2 saturated heterocycles. The average molecular weight is 873 g/mol. The first-order valence-electron chi connectivity index (χ1n) is 19.7. The number of aldehydes is 1. The van der Waals surface area contributed by atoms with Crippen LogP contribution >= 0.6 is 23.5 Å². The molecular weight excluding hydrogens is 821 g/mol. The van der Waals surface area contributed by atoms with E-state index >= 15 is 0 Å². The van der Waals surface area contributed by atoms with Gasteiger partial charge in [-0.2, -0.15) is 9.98 Å². The lowest BCUT2D eigenvalue weighted by atomic mass is 10.1. The zero-order valence-corrected chi connectivity index (χ0v) is 37.3. The summed E-state index contributed by atoms with van der Waals surface area (Å²) >= 11 is 2.29. The number of pyridine rings is 2. The van der Waals surface area contributed by atoms with Crippen LogP contribution in [0, 0.1) is 0 Å². The number of hydrogen-bond acceptors (Lipinski definition) is 13. The Hall–Kier alpha value is -5.81. The number of aliphatic imine (C=N–C) groups is 2. The number of rotatable bonds is 10. The first kappa shape index (κ1) is 47.9. The van der Waals surface area contributed by atoms with E-state index in [4.69, 9.17) is 18.9 Å². The second-order valence-corrected chi connectivity index (χ2v) is 17.4. The van der Waals surface area contributed by atoms with Crippen molar-refractivity contribution in [2.24, 2.45) is 9.98 Å². The van der Waals surface area contributed by atoms with Crippen LogP contribution in [0.2, 0.25) is 0 Å². The van der Waals surface area contributed by atoms with Crippen LogP contribution in [0.25, 0.3) is 27.9 Å². The minimum absolute atomic E-state index is 0.141. The Kier molecular flexibility index (Phi) is 17.8. The number of carbonyl (C=O) groups is 5. The molecule has 0 radical (unpaired) electrons. The Morgan fingerprint density at radius 1 is 0.738 bits per heavy atom. The number of amides is 4. The summed E-state index contributed by atoms with van der Waals surface area (Å²) in [6.45, 7) is 16.1. The number of nitrogens with one attached hydrogen (secondary N) is 2. The molecule has 2 aliphatic heterocycles. The predicted octanol–water partition coefficient (Wildman–Crippen LogP) is 9.28. The van der Waals surface area contributed by atoms with E-state index in [0.717, 1.165) is 82.6 Å². The van der Waals surface area contributed by atoms with Gasteiger partial charge >= 0.3 is 12.2 Å². The van der Waals surface area contributed by atoms with Gasteiger partial charge in [0.15, 0.2) is 10.3 Å². The van der Waals surface area contributed by atoms with Gasteiger partial charge in [-0.1, -0.05) is 44.5 Å². The first-order chi connectivity index (χ1) is 29.0. The first-order valence-corrected chi connectivity index (χ1v) is 21.5. The summed E-state index contributed by atoms with van der Waals surface area (Å²) < 4.78 is 21.7. The molecule has 6 rings (SSSR count). The minimum atomic E-state index is -0.739. The van der Waals surface area contributed by atoms with E-state index in [1.165, 1.54) is 11.8 Å². The van der Waals surface area contributed by atoms with Crippen molar-refractivity contribution in [2.75, 3.05) is 19.0 Å².